The van der Waals surface area contributed by atoms with E-state index in [9.17, 15) is 32.8 Å². The summed E-state index contributed by atoms with van der Waals surface area (Å²) in [6, 6.07) is 10.6. The quantitative estimate of drug-likeness (QED) is 0.324. The number of carbonyl (C=O) groups excluding carboxylic acids is 1. The number of carboxylic acid groups (broad SMARTS) is 1. The molecule has 1 aromatic carbocycles. The maximum atomic E-state index is 12.4. The van der Waals surface area contributed by atoms with Crippen LogP contribution in [0.15, 0.2) is 54.5 Å². The molecular weight excluding hydrogens is 448 g/mol. The molecule has 2 N–H and O–H groups in total. The van der Waals surface area contributed by atoms with E-state index in [-0.39, 0.29) is 24.1 Å². The molecule has 10 heteroatoms. The van der Waals surface area contributed by atoms with Gasteiger partial charge in [-0.25, -0.2) is 17.8 Å². The lowest BCUT2D eigenvalue weighted by atomic mass is 9.82. The van der Waals surface area contributed by atoms with Gasteiger partial charge in [0.15, 0.2) is 18.9 Å². The molecule has 0 aliphatic carbocycles. The van der Waals surface area contributed by atoms with Gasteiger partial charge < -0.3 is 19.7 Å². The number of aliphatic hydroxyl groups is 1. The van der Waals surface area contributed by atoms with Crippen molar-refractivity contribution in [1.29, 1.82) is 0 Å². The maximum absolute atomic E-state index is 12.4. The average molecular weight is 473 g/mol. The number of hydrogen-bond donors (Lipinski definition) is 2. The highest BCUT2D eigenvalue weighted by atomic mass is 32.2. The lowest BCUT2D eigenvalue weighted by Gasteiger charge is -2.44. The third-order valence-corrected chi connectivity index (χ3v) is 6.90. The van der Waals surface area contributed by atoms with Gasteiger partial charge in [-0.3, -0.25) is 4.79 Å². The first-order valence-electron chi connectivity index (χ1n) is 10.5. The normalized spacial score (nSPS) is 21.1. The van der Waals surface area contributed by atoms with E-state index in [1.807, 2.05) is 28.8 Å². The van der Waals surface area contributed by atoms with Crippen LogP contribution in [0.3, 0.4) is 0 Å². The fraction of sp³-hybridized carbons (Fsp3) is 0.348. The summed E-state index contributed by atoms with van der Waals surface area (Å²) >= 11 is 0. The second-order valence-corrected chi connectivity index (χ2v) is 9.99. The fourth-order valence-corrected chi connectivity index (χ4v) is 5.04. The maximum Gasteiger partial charge on any atom is 0.352 e. The van der Waals surface area contributed by atoms with Crippen LogP contribution in [0.1, 0.15) is 30.0 Å². The molecular formula is C23H24N2O7S. The van der Waals surface area contributed by atoms with Gasteiger partial charge in [0, 0.05) is 23.4 Å². The second-order valence-electron chi connectivity index (χ2n) is 8.47. The number of β-lactam (4-membered cyclic amide) rings is 1. The van der Waals surface area contributed by atoms with E-state index in [2.05, 4.69) is 0 Å². The van der Waals surface area contributed by atoms with Gasteiger partial charge in [-0.15, -0.1) is 0 Å². The third kappa shape index (κ3) is 4.68. The zero-order chi connectivity index (χ0) is 23.9. The van der Waals surface area contributed by atoms with Crippen molar-refractivity contribution >= 4 is 27.6 Å². The first-order chi connectivity index (χ1) is 15.5. The Labute approximate surface area is 191 Å². The van der Waals surface area contributed by atoms with Gasteiger partial charge in [0.25, 0.3) is 0 Å². The van der Waals surface area contributed by atoms with E-state index >= 15 is 0 Å². The number of hydrogen-bond acceptors (Lipinski definition) is 6. The average Bonchev–Trinajstić information content (AvgIpc) is 3.08. The third-order valence-electron chi connectivity index (χ3n) is 6.20. The summed E-state index contributed by atoms with van der Waals surface area (Å²) in [4.78, 5) is 25.5. The van der Waals surface area contributed by atoms with E-state index < -0.39 is 33.9 Å². The second kappa shape index (κ2) is 8.69. The summed E-state index contributed by atoms with van der Waals surface area (Å²) in [5.74, 6) is -2.53. The topological polar surface area (TPSA) is 139 Å². The van der Waals surface area contributed by atoms with Crippen LogP contribution in [0.2, 0.25) is 0 Å². The van der Waals surface area contributed by atoms with Crippen LogP contribution in [-0.4, -0.2) is 57.9 Å². The molecule has 3 heterocycles. The largest absolute Gasteiger partial charge is 0.748 e. The van der Waals surface area contributed by atoms with Crippen LogP contribution in [0.25, 0.3) is 5.57 Å². The van der Waals surface area contributed by atoms with Crippen molar-refractivity contribution in [2.75, 3.05) is 5.75 Å². The zero-order valence-electron chi connectivity index (χ0n) is 17.9. The smallest absolute Gasteiger partial charge is 0.352 e. The molecule has 2 aliphatic heterocycles. The molecule has 9 nitrogen and oxygen atoms in total. The van der Waals surface area contributed by atoms with E-state index in [0.29, 0.717) is 18.5 Å². The zero-order valence-corrected chi connectivity index (χ0v) is 18.7. The first kappa shape index (κ1) is 23.1. The Balaban J connectivity index is 1.48. The molecule has 1 aromatic heterocycles. The highest BCUT2D eigenvalue weighted by Crippen LogP contribution is 2.46. The molecule has 1 fully saturated rings. The fourth-order valence-electron chi connectivity index (χ4n) is 4.55. The van der Waals surface area contributed by atoms with Crippen LogP contribution in [0.4, 0.5) is 0 Å². The van der Waals surface area contributed by atoms with Crippen LogP contribution in [-0.2, 0) is 32.7 Å². The van der Waals surface area contributed by atoms with Crippen molar-refractivity contribution in [2.24, 2.45) is 5.92 Å². The van der Waals surface area contributed by atoms with Crippen molar-refractivity contribution < 1.29 is 37.3 Å². The number of aliphatic hydroxyl groups excluding tert-OH is 1. The Kier molecular flexibility index (Phi) is 6.08. The Hall–Kier alpha value is -3.08. The summed E-state index contributed by atoms with van der Waals surface area (Å²) in [6.45, 7) is 2.09. The van der Waals surface area contributed by atoms with E-state index in [1.54, 1.807) is 31.5 Å². The number of carboxylic acids is 1. The molecule has 3 atom stereocenters. The lowest BCUT2D eigenvalue weighted by Crippen LogP contribution is -2.61. The number of aromatic nitrogens is 1. The number of nitrogens with zero attached hydrogens (tertiary/aromatic N) is 2. The van der Waals surface area contributed by atoms with Crippen LogP contribution in [0, 0.1) is 5.92 Å². The van der Waals surface area contributed by atoms with Crippen molar-refractivity contribution in [3.63, 3.8) is 0 Å². The number of amides is 1. The number of fused-ring (bicyclic) bond motifs is 1. The number of aliphatic carboxylic acids is 1. The molecule has 174 valence electrons. The number of aryl methyl sites for hydroxylation is 1. The lowest BCUT2D eigenvalue weighted by molar-refractivity contribution is -0.688. The molecule has 0 bridgehead atoms. The molecule has 2 aliphatic rings. The van der Waals surface area contributed by atoms with E-state index in [1.165, 1.54) is 4.90 Å². The Bertz CT molecular complexity index is 1220. The molecule has 0 radical (unpaired) electrons. The molecule has 4 rings (SSSR count). The van der Waals surface area contributed by atoms with Gasteiger partial charge in [-0.1, -0.05) is 24.3 Å². The molecule has 1 amide bonds. The standard InChI is InChI=1S/C23H24N2O7S/c1-14(26)20-19-12-18(21(23(28)29)25(19)22(20)27)17-4-2-16(3-5-17)13-24-9-6-15(7-10-24)8-11-33(30,31)32/h2-7,9-10,14,19-20,26H,8,11-13H2,1H3,(H-,28,29,30,31,32)/t14-,19-,20-/m1/s1. The van der Waals surface area contributed by atoms with Gasteiger partial charge in [0.1, 0.15) is 5.70 Å². The van der Waals surface area contributed by atoms with E-state index in [4.69, 9.17) is 0 Å². The minimum atomic E-state index is -4.25. The van der Waals surface area contributed by atoms with Crippen LogP contribution in [0.5, 0.6) is 0 Å². The van der Waals surface area contributed by atoms with Gasteiger partial charge in [-0.2, -0.15) is 0 Å². The van der Waals surface area contributed by atoms with Crippen LogP contribution < -0.4 is 4.57 Å². The SMILES string of the molecule is C[C@@H](O)[C@H]1C(=O)N2C(C(=O)O)=C(c3ccc(C[n+]4ccc(CCS(=O)(=O)[O-])cc4)cc3)C[C@H]12. The van der Waals surface area contributed by atoms with Crippen molar-refractivity contribution in [3.05, 3.63) is 71.2 Å². The molecule has 1 saturated heterocycles. The molecule has 0 saturated carbocycles. The monoisotopic (exact) mass is 472 g/mol. The molecule has 2 aromatic rings. The Morgan fingerprint density at radius 3 is 2.36 bits per heavy atom. The molecule has 0 spiro atoms. The summed E-state index contributed by atoms with van der Waals surface area (Å²) in [5.41, 5.74) is 3.02. The summed E-state index contributed by atoms with van der Waals surface area (Å²) < 4.78 is 34.2. The number of benzene rings is 1. The first-order valence-corrected chi connectivity index (χ1v) is 12.1. The number of pyridine rings is 1. The van der Waals surface area contributed by atoms with Crippen LogP contribution >= 0.6 is 0 Å². The Morgan fingerprint density at radius 2 is 1.82 bits per heavy atom. The van der Waals surface area contributed by atoms with Gasteiger partial charge in [-0.05, 0) is 36.5 Å². The molecule has 0 unspecified atom stereocenters. The van der Waals surface area contributed by atoms with Gasteiger partial charge in [0.2, 0.25) is 5.91 Å². The van der Waals surface area contributed by atoms with E-state index in [0.717, 1.165) is 16.7 Å². The highest BCUT2D eigenvalue weighted by molar-refractivity contribution is 7.85. The van der Waals surface area contributed by atoms with Gasteiger partial charge >= 0.3 is 5.97 Å². The number of rotatable bonds is 8. The van der Waals surface area contributed by atoms with Crippen molar-refractivity contribution in [1.82, 2.24) is 4.90 Å². The highest BCUT2D eigenvalue weighted by Gasteiger charge is 2.56. The van der Waals surface area contributed by atoms with Gasteiger partial charge in [0.05, 0.1) is 28.2 Å². The minimum Gasteiger partial charge on any atom is -0.748 e. The minimum absolute atomic E-state index is 0.0142. The summed E-state index contributed by atoms with van der Waals surface area (Å²) in [5, 5.41) is 19.6. The summed E-state index contributed by atoms with van der Waals surface area (Å²) in [7, 11) is -4.25. The number of carbonyl (C=O) groups is 2. The Morgan fingerprint density at radius 1 is 1.18 bits per heavy atom. The summed E-state index contributed by atoms with van der Waals surface area (Å²) in [6.07, 6.45) is 3.32. The predicted octanol–water partition coefficient (Wildman–Crippen LogP) is 0.517. The van der Waals surface area contributed by atoms with Crippen molar-refractivity contribution in [2.45, 2.75) is 38.5 Å². The van der Waals surface area contributed by atoms with Crippen molar-refractivity contribution in [3.8, 4) is 0 Å². The molecule has 33 heavy (non-hydrogen) atoms. The predicted molar refractivity (Wildman–Crippen MR) is 115 cm³/mol.